The number of methoxy groups -OCH3 is 1. The van der Waals surface area contributed by atoms with E-state index in [-0.39, 0.29) is 0 Å². The van der Waals surface area contributed by atoms with Crippen LogP contribution >= 0.6 is 11.3 Å². The number of aromatic nitrogens is 1. The maximum Gasteiger partial charge on any atom is 0.339 e. The Labute approximate surface area is 121 Å². The van der Waals surface area contributed by atoms with Crippen molar-refractivity contribution in [1.82, 2.24) is 10.3 Å². The molecule has 20 heavy (non-hydrogen) atoms. The van der Waals surface area contributed by atoms with Gasteiger partial charge in [-0.1, -0.05) is 0 Å². The molecule has 0 radical (unpaired) electrons. The third-order valence-corrected chi connectivity index (χ3v) is 3.52. The van der Waals surface area contributed by atoms with Gasteiger partial charge in [-0.2, -0.15) is 11.3 Å². The van der Waals surface area contributed by atoms with E-state index in [9.17, 15) is 9.90 Å². The molecule has 0 saturated carbocycles. The Kier molecular flexibility index (Phi) is 5.23. The van der Waals surface area contributed by atoms with Gasteiger partial charge in [0.05, 0.1) is 24.5 Å². The monoisotopic (exact) mass is 292 g/mol. The summed E-state index contributed by atoms with van der Waals surface area (Å²) in [5, 5.41) is 16.9. The second kappa shape index (κ2) is 7.14. The van der Waals surface area contributed by atoms with Crippen molar-refractivity contribution in [2.24, 2.45) is 0 Å². The molecular formula is C14H16N2O3S. The molecule has 1 atom stereocenters. The predicted octanol–water partition coefficient (Wildman–Crippen LogP) is 1.75. The molecule has 2 rings (SSSR count). The van der Waals surface area contributed by atoms with Crippen LogP contribution in [0.15, 0.2) is 35.2 Å². The summed E-state index contributed by atoms with van der Waals surface area (Å²) in [6, 6.07) is 5.34. The topological polar surface area (TPSA) is 71.5 Å². The number of esters is 1. The molecule has 0 spiro atoms. The lowest BCUT2D eigenvalue weighted by atomic mass is 10.2. The minimum absolute atomic E-state index is 0.398. The number of hydrogen-bond acceptors (Lipinski definition) is 6. The number of carbonyl (C=O) groups excluding carboxylic acids is 1. The summed E-state index contributed by atoms with van der Waals surface area (Å²) in [5.74, 6) is -0.398. The molecule has 6 heteroatoms. The summed E-state index contributed by atoms with van der Waals surface area (Å²) in [7, 11) is 1.34. The van der Waals surface area contributed by atoms with Crippen LogP contribution in [0.1, 0.15) is 27.7 Å². The summed E-state index contributed by atoms with van der Waals surface area (Å²) in [6.07, 6.45) is 0.966. The van der Waals surface area contributed by atoms with Crippen molar-refractivity contribution in [3.8, 4) is 0 Å². The number of thiophene rings is 1. The van der Waals surface area contributed by atoms with Crippen LogP contribution in [-0.2, 0) is 11.3 Å². The van der Waals surface area contributed by atoms with Gasteiger partial charge in [-0.25, -0.2) is 4.79 Å². The number of nitrogens with one attached hydrogen (secondary N) is 1. The highest BCUT2D eigenvalue weighted by molar-refractivity contribution is 7.07. The highest BCUT2D eigenvalue weighted by Gasteiger charge is 2.08. The Bertz CT molecular complexity index is 540. The van der Waals surface area contributed by atoms with E-state index in [1.807, 2.05) is 16.8 Å². The van der Waals surface area contributed by atoms with Crippen molar-refractivity contribution >= 4 is 17.3 Å². The van der Waals surface area contributed by atoms with Crippen LogP contribution < -0.4 is 5.32 Å². The second-order valence-electron chi connectivity index (χ2n) is 4.23. The van der Waals surface area contributed by atoms with E-state index >= 15 is 0 Å². The van der Waals surface area contributed by atoms with E-state index < -0.39 is 12.1 Å². The third kappa shape index (κ3) is 3.86. The maximum absolute atomic E-state index is 11.2. The van der Waals surface area contributed by atoms with Crippen molar-refractivity contribution in [1.29, 1.82) is 0 Å². The highest BCUT2D eigenvalue weighted by Crippen LogP contribution is 2.15. The number of aliphatic hydroxyl groups is 1. The lowest BCUT2D eigenvalue weighted by molar-refractivity contribution is 0.0600. The molecule has 0 bridgehead atoms. The molecule has 0 aliphatic rings. The van der Waals surface area contributed by atoms with E-state index in [0.29, 0.717) is 18.7 Å². The first-order chi connectivity index (χ1) is 9.70. The number of ether oxygens (including phenoxy) is 1. The number of pyridine rings is 1. The van der Waals surface area contributed by atoms with Gasteiger partial charge in [-0.05, 0) is 34.5 Å². The predicted molar refractivity (Wildman–Crippen MR) is 76.6 cm³/mol. The molecule has 2 aromatic heterocycles. The van der Waals surface area contributed by atoms with Crippen LogP contribution in [0, 0.1) is 0 Å². The molecule has 0 aliphatic heterocycles. The van der Waals surface area contributed by atoms with Gasteiger partial charge in [0.25, 0.3) is 0 Å². The zero-order valence-corrected chi connectivity index (χ0v) is 11.9. The fourth-order valence-corrected chi connectivity index (χ4v) is 2.39. The number of nitrogens with zero attached hydrogens (tertiary/aromatic N) is 1. The first kappa shape index (κ1) is 14.6. The minimum atomic E-state index is -0.518. The van der Waals surface area contributed by atoms with Crippen molar-refractivity contribution in [3.63, 3.8) is 0 Å². The lowest BCUT2D eigenvalue weighted by Gasteiger charge is -2.10. The number of hydrogen-bond donors (Lipinski definition) is 2. The van der Waals surface area contributed by atoms with Gasteiger partial charge in [-0.3, -0.25) is 4.98 Å². The van der Waals surface area contributed by atoms with Gasteiger partial charge < -0.3 is 15.2 Å². The van der Waals surface area contributed by atoms with Crippen LogP contribution in [0.5, 0.6) is 0 Å². The summed E-state index contributed by atoms with van der Waals surface area (Å²) < 4.78 is 4.60. The Balaban J connectivity index is 1.81. The largest absolute Gasteiger partial charge is 0.465 e. The van der Waals surface area contributed by atoms with E-state index in [1.165, 1.54) is 13.3 Å². The van der Waals surface area contributed by atoms with Crippen molar-refractivity contribution in [2.45, 2.75) is 12.6 Å². The smallest absolute Gasteiger partial charge is 0.339 e. The molecule has 5 nitrogen and oxygen atoms in total. The quantitative estimate of drug-likeness (QED) is 0.794. The summed E-state index contributed by atoms with van der Waals surface area (Å²) in [5.41, 5.74) is 2.14. The van der Waals surface area contributed by atoms with Crippen LogP contribution in [0.4, 0.5) is 0 Å². The maximum atomic E-state index is 11.2. The van der Waals surface area contributed by atoms with Gasteiger partial charge in [0.1, 0.15) is 0 Å². The summed E-state index contributed by atoms with van der Waals surface area (Å²) in [6.45, 7) is 0.986. The number of aliphatic hydroxyl groups excluding tert-OH is 1. The number of carbonyl (C=O) groups is 1. The van der Waals surface area contributed by atoms with Gasteiger partial charge in [0.2, 0.25) is 0 Å². The Morgan fingerprint density at radius 1 is 1.50 bits per heavy atom. The molecule has 0 amide bonds. The average Bonchev–Trinajstić information content (AvgIpc) is 3.01. The fourth-order valence-electron chi connectivity index (χ4n) is 1.69. The highest BCUT2D eigenvalue weighted by atomic mass is 32.1. The van der Waals surface area contributed by atoms with Gasteiger partial charge >= 0.3 is 5.97 Å². The summed E-state index contributed by atoms with van der Waals surface area (Å²) >= 11 is 1.56. The molecule has 1 unspecified atom stereocenters. The molecule has 106 valence electrons. The molecule has 2 N–H and O–H groups in total. The van der Waals surface area contributed by atoms with E-state index in [4.69, 9.17) is 0 Å². The molecular weight excluding hydrogens is 276 g/mol. The Morgan fingerprint density at radius 2 is 2.35 bits per heavy atom. The first-order valence-electron chi connectivity index (χ1n) is 6.15. The molecule has 0 fully saturated rings. The standard InChI is InChI=1S/C14H16N2O3S/c1-19-14(18)10-2-3-12(16-6-10)7-15-8-13(17)11-4-5-20-9-11/h2-6,9,13,15,17H,7-8H2,1H3. The fraction of sp³-hybridized carbons (Fsp3) is 0.286. The zero-order chi connectivity index (χ0) is 14.4. The lowest BCUT2D eigenvalue weighted by Crippen LogP contribution is -2.21. The SMILES string of the molecule is COC(=O)c1ccc(CNCC(O)c2ccsc2)nc1. The van der Waals surface area contributed by atoms with Crippen molar-refractivity contribution in [2.75, 3.05) is 13.7 Å². The third-order valence-electron chi connectivity index (χ3n) is 2.82. The minimum Gasteiger partial charge on any atom is -0.465 e. The van der Waals surface area contributed by atoms with Crippen LogP contribution in [0.2, 0.25) is 0 Å². The van der Waals surface area contributed by atoms with Crippen molar-refractivity contribution < 1.29 is 14.6 Å². The van der Waals surface area contributed by atoms with Gasteiger partial charge in [-0.15, -0.1) is 0 Å². The van der Waals surface area contributed by atoms with Crippen LogP contribution in [-0.4, -0.2) is 29.7 Å². The van der Waals surface area contributed by atoms with Gasteiger partial charge in [0, 0.05) is 19.3 Å². The average molecular weight is 292 g/mol. The Hall–Kier alpha value is -1.76. The van der Waals surface area contributed by atoms with E-state index in [2.05, 4.69) is 15.0 Å². The molecule has 2 aromatic rings. The van der Waals surface area contributed by atoms with Crippen LogP contribution in [0.25, 0.3) is 0 Å². The normalized spacial score (nSPS) is 12.1. The van der Waals surface area contributed by atoms with Crippen molar-refractivity contribution in [3.05, 3.63) is 52.0 Å². The first-order valence-corrected chi connectivity index (χ1v) is 7.09. The molecule has 0 aromatic carbocycles. The molecule has 0 aliphatic carbocycles. The van der Waals surface area contributed by atoms with Gasteiger partial charge in [0.15, 0.2) is 0 Å². The van der Waals surface area contributed by atoms with E-state index in [1.54, 1.807) is 23.5 Å². The number of rotatable bonds is 6. The molecule has 2 heterocycles. The second-order valence-corrected chi connectivity index (χ2v) is 5.01. The van der Waals surface area contributed by atoms with E-state index in [0.717, 1.165) is 11.3 Å². The zero-order valence-electron chi connectivity index (χ0n) is 11.1. The molecule has 0 saturated heterocycles. The summed E-state index contributed by atoms with van der Waals surface area (Å²) in [4.78, 5) is 15.4. The Morgan fingerprint density at radius 3 is 2.95 bits per heavy atom. The van der Waals surface area contributed by atoms with Crippen LogP contribution in [0.3, 0.4) is 0 Å².